The summed E-state index contributed by atoms with van der Waals surface area (Å²) < 4.78 is 1.22. The highest BCUT2D eigenvalue weighted by Gasteiger charge is 2.13. The molecule has 2 aromatic heterocycles. The van der Waals surface area contributed by atoms with E-state index in [0.29, 0.717) is 17.5 Å². The Bertz CT molecular complexity index is 1570. The third-order valence-corrected chi connectivity index (χ3v) is 7.07. The van der Waals surface area contributed by atoms with E-state index in [1.807, 2.05) is 60.7 Å². The van der Waals surface area contributed by atoms with Gasteiger partial charge in [-0.3, -0.25) is 0 Å². The predicted octanol–water partition coefficient (Wildman–Crippen LogP) is 7.71. The van der Waals surface area contributed by atoms with Crippen molar-refractivity contribution in [1.29, 1.82) is 0 Å². The van der Waals surface area contributed by atoms with Crippen LogP contribution in [0.5, 0.6) is 0 Å². The molecular weight excluding hydrogens is 448 g/mol. The second-order valence-corrected chi connectivity index (χ2v) is 9.38. The van der Waals surface area contributed by atoms with Crippen LogP contribution in [-0.2, 0) is 6.42 Å². The summed E-state index contributed by atoms with van der Waals surface area (Å²) in [4.78, 5) is 19.3. The fourth-order valence-corrected chi connectivity index (χ4v) is 4.97. The average Bonchev–Trinajstić information content (AvgIpc) is 3.37. The Labute approximate surface area is 208 Å². The summed E-state index contributed by atoms with van der Waals surface area (Å²) >= 11 is 1.76. The SMILES string of the molecule is CCc1nc2cc(-c3cccc(-c4nc(-c5ccccc5)nc(-c5ccccc5)n4)c3)ccc2s1. The van der Waals surface area contributed by atoms with Crippen LogP contribution < -0.4 is 0 Å². The highest BCUT2D eigenvalue weighted by atomic mass is 32.1. The average molecular weight is 471 g/mol. The molecule has 0 saturated heterocycles. The smallest absolute Gasteiger partial charge is 0.164 e. The van der Waals surface area contributed by atoms with Gasteiger partial charge >= 0.3 is 0 Å². The molecule has 0 spiro atoms. The summed E-state index contributed by atoms with van der Waals surface area (Å²) in [6, 6.07) is 35.0. The van der Waals surface area contributed by atoms with Crippen molar-refractivity contribution in [2.75, 3.05) is 0 Å². The van der Waals surface area contributed by atoms with Crippen molar-refractivity contribution in [3.05, 3.63) is 108 Å². The molecule has 0 fully saturated rings. The van der Waals surface area contributed by atoms with Crippen LogP contribution in [0.1, 0.15) is 11.9 Å². The second-order valence-electron chi connectivity index (χ2n) is 8.26. The largest absolute Gasteiger partial charge is 0.241 e. The zero-order valence-corrected chi connectivity index (χ0v) is 20.0. The van der Waals surface area contributed by atoms with E-state index < -0.39 is 0 Å². The zero-order chi connectivity index (χ0) is 23.6. The first-order valence-corrected chi connectivity index (χ1v) is 12.5. The normalized spacial score (nSPS) is 11.1. The molecule has 4 aromatic carbocycles. The van der Waals surface area contributed by atoms with E-state index in [-0.39, 0.29) is 0 Å². The quantitative estimate of drug-likeness (QED) is 0.259. The number of hydrogen-bond donors (Lipinski definition) is 0. The number of hydrogen-bond acceptors (Lipinski definition) is 5. The number of nitrogens with zero attached hydrogens (tertiary/aromatic N) is 4. The van der Waals surface area contributed by atoms with Gasteiger partial charge in [-0.25, -0.2) is 19.9 Å². The molecule has 0 atom stereocenters. The van der Waals surface area contributed by atoms with Gasteiger partial charge in [0.25, 0.3) is 0 Å². The maximum absolute atomic E-state index is 4.87. The molecule has 0 saturated carbocycles. The minimum absolute atomic E-state index is 0.655. The van der Waals surface area contributed by atoms with E-state index in [1.54, 1.807) is 11.3 Å². The number of rotatable bonds is 5. The van der Waals surface area contributed by atoms with Gasteiger partial charge in [-0.15, -0.1) is 11.3 Å². The number of aromatic nitrogens is 4. The van der Waals surface area contributed by atoms with Gasteiger partial charge in [0, 0.05) is 16.7 Å². The maximum atomic E-state index is 4.87. The standard InChI is InChI=1S/C30H22N4S/c1-2-27-31-25-19-23(16-17-26(25)35-27)22-14-9-15-24(18-22)30-33-28(20-10-5-3-6-11-20)32-29(34-30)21-12-7-4-8-13-21/h3-19H,2H2,1H3. The van der Waals surface area contributed by atoms with Gasteiger partial charge in [-0.2, -0.15) is 0 Å². The molecule has 0 aliphatic rings. The molecule has 0 aliphatic carbocycles. The van der Waals surface area contributed by atoms with E-state index in [1.165, 1.54) is 4.70 Å². The van der Waals surface area contributed by atoms with Crippen molar-refractivity contribution in [3.63, 3.8) is 0 Å². The highest BCUT2D eigenvalue weighted by Crippen LogP contribution is 2.31. The van der Waals surface area contributed by atoms with Gasteiger partial charge < -0.3 is 0 Å². The molecule has 35 heavy (non-hydrogen) atoms. The van der Waals surface area contributed by atoms with E-state index >= 15 is 0 Å². The highest BCUT2D eigenvalue weighted by molar-refractivity contribution is 7.18. The fraction of sp³-hybridized carbons (Fsp3) is 0.0667. The van der Waals surface area contributed by atoms with Crippen LogP contribution in [0.2, 0.25) is 0 Å². The first-order valence-electron chi connectivity index (χ1n) is 11.6. The Morgan fingerprint density at radius 2 is 1.06 bits per heavy atom. The molecule has 0 unspecified atom stereocenters. The topological polar surface area (TPSA) is 51.6 Å². The monoisotopic (exact) mass is 470 g/mol. The molecule has 2 heterocycles. The van der Waals surface area contributed by atoms with Crippen LogP contribution in [0.25, 0.3) is 55.5 Å². The summed E-state index contributed by atoms with van der Waals surface area (Å²) in [6.07, 6.45) is 0.955. The first-order chi connectivity index (χ1) is 17.3. The van der Waals surface area contributed by atoms with Crippen molar-refractivity contribution in [2.24, 2.45) is 0 Å². The molecule has 168 valence electrons. The molecule has 6 aromatic rings. The van der Waals surface area contributed by atoms with Gasteiger partial charge in [0.1, 0.15) is 0 Å². The van der Waals surface area contributed by atoms with Gasteiger partial charge in [-0.05, 0) is 35.7 Å². The van der Waals surface area contributed by atoms with Crippen molar-refractivity contribution in [2.45, 2.75) is 13.3 Å². The van der Waals surface area contributed by atoms with Crippen molar-refractivity contribution in [1.82, 2.24) is 19.9 Å². The van der Waals surface area contributed by atoms with E-state index in [9.17, 15) is 0 Å². The molecule has 0 radical (unpaired) electrons. The molecule has 0 amide bonds. The van der Waals surface area contributed by atoms with Crippen LogP contribution in [0, 0.1) is 0 Å². The number of fused-ring (bicyclic) bond motifs is 1. The molecule has 0 bridgehead atoms. The lowest BCUT2D eigenvalue weighted by Crippen LogP contribution is -2.00. The second kappa shape index (κ2) is 9.20. The van der Waals surface area contributed by atoms with Crippen LogP contribution in [0.3, 0.4) is 0 Å². The predicted molar refractivity (Wildman–Crippen MR) is 144 cm³/mol. The van der Waals surface area contributed by atoms with Gasteiger partial charge in [0.15, 0.2) is 17.5 Å². The Morgan fingerprint density at radius 1 is 0.514 bits per heavy atom. The van der Waals surface area contributed by atoms with Crippen molar-refractivity contribution in [3.8, 4) is 45.3 Å². The summed E-state index contributed by atoms with van der Waals surface area (Å²) in [5, 5.41) is 1.16. The van der Waals surface area contributed by atoms with Crippen LogP contribution in [-0.4, -0.2) is 19.9 Å². The first kappa shape index (κ1) is 21.3. The minimum Gasteiger partial charge on any atom is -0.241 e. The maximum Gasteiger partial charge on any atom is 0.164 e. The van der Waals surface area contributed by atoms with E-state index in [2.05, 4.69) is 49.4 Å². The van der Waals surface area contributed by atoms with Gasteiger partial charge in [0.2, 0.25) is 0 Å². The molecule has 5 heteroatoms. The Kier molecular flexibility index (Phi) is 5.60. The zero-order valence-electron chi connectivity index (χ0n) is 19.2. The van der Waals surface area contributed by atoms with Crippen LogP contribution >= 0.6 is 11.3 Å². The molecule has 0 N–H and O–H groups in total. The lowest BCUT2D eigenvalue weighted by Gasteiger charge is -2.09. The van der Waals surface area contributed by atoms with Crippen molar-refractivity contribution < 1.29 is 0 Å². The van der Waals surface area contributed by atoms with Crippen LogP contribution in [0.4, 0.5) is 0 Å². The Balaban J connectivity index is 1.47. The van der Waals surface area contributed by atoms with Gasteiger partial charge in [-0.1, -0.05) is 91.9 Å². The number of benzene rings is 4. The van der Waals surface area contributed by atoms with Crippen LogP contribution in [0.15, 0.2) is 103 Å². The third kappa shape index (κ3) is 4.34. The lowest BCUT2D eigenvalue weighted by atomic mass is 10.0. The molecular formula is C30H22N4S. The van der Waals surface area contributed by atoms with Crippen molar-refractivity contribution >= 4 is 21.6 Å². The number of thiazole rings is 1. The molecule has 6 rings (SSSR count). The van der Waals surface area contributed by atoms with Gasteiger partial charge in [0.05, 0.1) is 15.2 Å². The fourth-order valence-electron chi connectivity index (χ4n) is 4.08. The Hall–Kier alpha value is -4.22. The lowest BCUT2D eigenvalue weighted by molar-refractivity contribution is 1.07. The summed E-state index contributed by atoms with van der Waals surface area (Å²) in [5.41, 5.74) is 6.17. The summed E-state index contributed by atoms with van der Waals surface area (Å²) in [6.45, 7) is 2.14. The van der Waals surface area contributed by atoms with E-state index in [4.69, 9.17) is 19.9 Å². The molecule has 0 aliphatic heterocycles. The summed E-state index contributed by atoms with van der Waals surface area (Å²) in [5.74, 6) is 1.98. The Morgan fingerprint density at radius 3 is 1.69 bits per heavy atom. The third-order valence-electron chi connectivity index (χ3n) is 5.89. The molecule has 4 nitrogen and oxygen atoms in total. The minimum atomic E-state index is 0.655. The summed E-state index contributed by atoms with van der Waals surface area (Å²) in [7, 11) is 0. The van der Waals surface area contributed by atoms with E-state index in [0.717, 1.165) is 44.8 Å². The number of aryl methyl sites for hydroxylation is 1.